The van der Waals surface area contributed by atoms with Gasteiger partial charge in [-0.3, -0.25) is 4.79 Å². The van der Waals surface area contributed by atoms with Crippen LogP contribution in [0.4, 0.5) is 10.2 Å². The Morgan fingerprint density at radius 2 is 2.23 bits per heavy atom. The Bertz CT molecular complexity index is 820. The lowest BCUT2D eigenvalue weighted by molar-refractivity contribution is -0.132. The number of rotatable bonds is 4. The van der Waals surface area contributed by atoms with E-state index in [1.165, 1.54) is 0 Å². The number of fused-ring (bicyclic) bond motifs is 1. The second-order valence-electron chi connectivity index (χ2n) is 6.98. The Balaban J connectivity index is 1.45. The highest BCUT2D eigenvalue weighted by Gasteiger charge is 2.30. The summed E-state index contributed by atoms with van der Waals surface area (Å²) in [6.45, 7) is 0.708. The Labute approximate surface area is 150 Å². The fraction of sp³-hybridized carbons (Fsp3) is 0.588. The van der Waals surface area contributed by atoms with Crippen LogP contribution < -0.4 is 5.32 Å². The van der Waals surface area contributed by atoms with E-state index in [2.05, 4.69) is 25.8 Å². The van der Waals surface area contributed by atoms with Crippen LogP contribution in [0.3, 0.4) is 0 Å². The van der Waals surface area contributed by atoms with E-state index in [1.54, 1.807) is 27.9 Å². The summed E-state index contributed by atoms with van der Waals surface area (Å²) in [5.74, 6) is 0.650. The number of carbonyl (C=O) groups excluding carboxylic acids is 1. The number of hydrogen-bond donors (Lipinski definition) is 1. The Morgan fingerprint density at radius 3 is 3.12 bits per heavy atom. The van der Waals surface area contributed by atoms with Crippen molar-refractivity contribution in [2.45, 2.75) is 44.6 Å². The van der Waals surface area contributed by atoms with Crippen molar-refractivity contribution in [1.82, 2.24) is 29.9 Å². The standard InChI is InChI=1S/C17H22FN7O/c18-13-5-3-8-24(11-13)15(26)10-12-4-1-2-6-14(12)20-16-17-21-22-23-25(17)9-7-19-16/h5,7,9,12,14H,1-4,6,8,10-11H2,(H,19,20)/t12-,14-/m0/s1. The van der Waals surface area contributed by atoms with Crippen molar-refractivity contribution >= 4 is 17.4 Å². The molecule has 26 heavy (non-hydrogen) atoms. The number of carbonyl (C=O) groups is 1. The number of tetrazole rings is 1. The van der Waals surface area contributed by atoms with Crippen molar-refractivity contribution in [2.24, 2.45) is 5.92 Å². The molecule has 8 nitrogen and oxygen atoms in total. The van der Waals surface area contributed by atoms with Gasteiger partial charge in [-0.2, -0.15) is 4.52 Å². The molecule has 2 aliphatic rings. The summed E-state index contributed by atoms with van der Waals surface area (Å²) in [7, 11) is 0. The average molecular weight is 359 g/mol. The molecule has 1 amide bonds. The van der Waals surface area contributed by atoms with Crippen LogP contribution in [0.5, 0.6) is 0 Å². The molecule has 138 valence electrons. The summed E-state index contributed by atoms with van der Waals surface area (Å²) in [5.41, 5.74) is 0.575. The molecule has 0 bridgehead atoms. The first kappa shape index (κ1) is 16.9. The van der Waals surface area contributed by atoms with Crippen molar-refractivity contribution in [1.29, 1.82) is 0 Å². The molecule has 9 heteroatoms. The molecule has 3 heterocycles. The number of halogens is 1. The number of anilines is 1. The van der Waals surface area contributed by atoms with Crippen molar-refractivity contribution in [2.75, 3.05) is 18.4 Å². The first-order valence-corrected chi connectivity index (χ1v) is 9.12. The summed E-state index contributed by atoms with van der Waals surface area (Å²) in [4.78, 5) is 18.6. The molecule has 0 spiro atoms. The minimum atomic E-state index is -0.210. The van der Waals surface area contributed by atoms with Crippen LogP contribution in [0.15, 0.2) is 24.3 Å². The predicted molar refractivity (Wildman–Crippen MR) is 93.0 cm³/mol. The van der Waals surface area contributed by atoms with Crippen LogP contribution in [-0.4, -0.2) is 55.0 Å². The lowest BCUT2D eigenvalue weighted by atomic mass is 9.82. The minimum absolute atomic E-state index is 0.0299. The topological polar surface area (TPSA) is 88.3 Å². The molecular weight excluding hydrogens is 337 g/mol. The number of amides is 1. The molecule has 0 radical (unpaired) electrons. The third-order valence-electron chi connectivity index (χ3n) is 5.24. The van der Waals surface area contributed by atoms with Gasteiger partial charge in [0.2, 0.25) is 11.6 Å². The van der Waals surface area contributed by atoms with E-state index in [0.717, 1.165) is 25.7 Å². The number of nitrogens with one attached hydrogen (secondary N) is 1. The van der Waals surface area contributed by atoms with Gasteiger partial charge in [-0.1, -0.05) is 12.8 Å². The van der Waals surface area contributed by atoms with Crippen LogP contribution in [0.25, 0.3) is 5.65 Å². The number of aromatic nitrogens is 5. The van der Waals surface area contributed by atoms with Gasteiger partial charge in [-0.15, -0.1) is 5.10 Å². The monoisotopic (exact) mass is 359 g/mol. The average Bonchev–Trinajstić information content (AvgIpc) is 3.13. The van der Waals surface area contributed by atoms with E-state index in [4.69, 9.17) is 0 Å². The molecule has 0 aromatic carbocycles. The molecule has 2 aromatic heterocycles. The summed E-state index contributed by atoms with van der Waals surface area (Å²) in [6.07, 6.45) is 10.1. The van der Waals surface area contributed by atoms with Gasteiger partial charge >= 0.3 is 0 Å². The van der Waals surface area contributed by atoms with E-state index in [0.29, 0.717) is 30.9 Å². The van der Waals surface area contributed by atoms with Gasteiger partial charge in [-0.05, 0) is 41.7 Å². The molecule has 4 rings (SSSR count). The maximum atomic E-state index is 13.5. The molecule has 1 fully saturated rings. The highest BCUT2D eigenvalue weighted by atomic mass is 19.1. The van der Waals surface area contributed by atoms with Gasteiger partial charge in [0.1, 0.15) is 5.83 Å². The summed E-state index contributed by atoms with van der Waals surface area (Å²) >= 11 is 0. The molecule has 2 atom stereocenters. The van der Waals surface area contributed by atoms with Crippen molar-refractivity contribution < 1.29 is 9.18 Å². The highest BCUT2D eigenvalue weighted by Crippen LogP contribution is 2.30. The zero-order valence-electron chi connectivity index (χ0n) is 14.5. The Kier molecular flexibility index (Phi) is 4.77. The predicted octanol–water partition coefficient (Wildman–Crippen LogP) is 1.97. The molecule has 2 aromatic rings. The number of nitrogens with zero attached hydrogens (tertiary/aromatic N) is 6. The van der Waals surface area contributed by atoms with Gasteiger partial charge in [-0.25, -0.2) is 9.37 Å². The summed E-state index contributed by atoms with van der Waals surface area (Å²) < 4.78 is 15.1. The number of hydrogen-bond acceptors (Lipinski definition) is 6. The first-order valence-electron chi connectivity index (χ1n) is 9.12. The van der Waals surface area contributed by atoms with Crippen molar-refractivity contribution in [3.63, 3.8) is 0 Å². The van der Waals surface area contributed by atoms with Crippen molar-refractivity contribution in [3.05, 3.63) is 24.3 Å². The van der Waals surface area contributed by atoms with Crippen LogP contribution in [0.2, 0.25) is 0 Å². The fourth-order valence-corrected chi connectivity index (χ4v) is 3.87. The molecular formula is C17H22FN7O. The third kappa shape index (κ3) is 3.51. The zero-order valence-corrected chi connectivity index (χ0v) is 14.5. The first-order chi connectivity index (χ1) is 12.7. The summed E-state index contributed by atoms with van der Waals surface area (Å²) in [6, 6.07) is 0.133. The van der Waals surface area contributed by atoms with Gasteiger partial charge in [0.25, 0.3) is 0 Å². The molecule has 1 aliphatic heterocycles. The normalized spacial score (nSPS) is 23.7. The second kappa shape index (κ2) is 7.35. The van der Waals surface area contributed by atoms with Crippen molar-refractivity contribution in [3.8, 4) is 0 Å². The quantitative estimate of drug-likeness (QED) is 0.898. The van der Waals surface area contributed by atoms with E-state index in [9.17, 15) is 9.18 Å². The maximum absolute atomic E-state index is 13.5. The van der Waals surface area contributed by atoms with Gasteiger partial charge in [0.05, 0.1) is 12.7 Å². The maximum Gasteiger partial charge on any atom is 0.223 e. The molecule has 1 saturated carbocycles. The minimum Gasteiger partial charge on any atom is -0.364 e. The molecule has 1 N–H and O–H groups in total. The SMILES string of the molecule is O=C(C[C@@H]1CCCC[C@@H]1Nc1nccn2nnnc12)N1CCC=C(F)C1. The zero-order chi connectivity index (χ0) is 17.9. The van der Waals surface area contributed by atoms with Crippen LogP contribution in [-0.2, 0) is 4.79 Å². The summed E-state index contributed by atoms with van der Waals surface area (Å²) in [5, 5.41) is 15.0. The van der Waals surface area contributed by atoms with Crippen LogP contribution in [0.1, 0.15) is 38.5 Å². The van der Waals surface area contributed by atoms with Crippen LogP contribution in [0, 0.1) is 5.92 Å². The Morgan fingerprint density at radius 1 is 1.35 bits per heavy atom. The molecule has 1 aliphatic carbocycles. The van der Waals surface area contributed by atoms with Crippen LogP contribution >= 0.6 is 0 Å². The third-order valence-corrected chi connectivity index (χ3v) is 5.24. The fourth-order valence-electron chi connectivity index (χ4n) is 3.87. The lowest BCUT2D eigenvalue weighted by Gasteiger charge is -2.34. The smallest absolute Gasteiger partial charge is 0.223 e. The Hall–Kier alpha value is -2.58. The molecule has 0 saturated heterocycles. The highest BCUT2D eigenvalue weighted by molar-refractivity contribution is 5.77. The van der Waals surface area contributed by atoms with E-state index >= 15 is 0 Å². The van der Waals surface area contributed by atoms with E-state index in [-0.39, 0.29) is 30.2 Å². The van der Waals surface area contributed by atoms with E-state index < -0.39 is 0 Å². The van der Waals surface area contributed by atoms with Gasteiger partial charge in [0.15, 0.2) is 5.82 Å². The van der Waals surface area contributed by atoms with E-state index in [1.807, 2.05) is 0 Å². The second-order valence-corrected chi connectivity index (χ2v) is 6.98. The largest absolute Gasteiger partial charge is 0.364 e. The van der Waals surface area contributed by atoms with Gasteiger partial charge in [0, 0.05) is 25.2 Å². The van der Waals surface area contributed by atoms with Gasteiger partial charge < -0.3 is 10.2 Å². The lowest BCUT2D eigenvalue weighted by Crippen LogP contribution is -2.40. The molecule has 0 unspecified atom stereocenters.